The fourth-order valence-corrected chi connectivity index (χ4v) is 1.31. The van der Waals surface area contributed by atoms with Gasteiger partial charge in [-0.05, 0) is 42.3 Å². The molecule has 0 aliphatic rings. The lowest BCUT2D eigenvalue weighted by molar-refractivity contribution is 0.208. The van der Waals surface area contributed by atoms with Gasteiger partial charge in [0.1, 0.15) is 0 Å². The Bertz CT molecular complexity index is 310. The summed E-state index contributed by atoms with van der Waals surface area (Å²) in [5, 5.41) is 12.0. The zero-order valence-corrected chi connectivity index (χ0v) is 8.58. The second kappa shape index (κ2) is 5.09. The van der Waals surface area contributed by atoms with Crippen LogP contribution in [-0.4, -0.2) is 26.5 Å². The molecule has 0 heterocycles. The van der Waals surface area contributed by atoms with Gasteiger partial charge in [-0.3, -0.25) is 4.21 Å². The van der Waals surface area contributed by atoms with E-state index in [-0.39, 0.29) is 4.90 Å². The first-order chi connectivity index (χ1) is 6.59. The van der Waals surface area contributed by atoms with Gasteiger partial charge in [0.25, 0.3) is 0 Å². The molecule has 2 atom stereocenters. The highest BCUT2D eigenvalue weighted by Crippen LogP contribution is 2.11. The fourth-order valence-electron chi connectivity index (χ4n) is 0.949. The van der Waals surface area contributed by atoms with Crippen molar-refractivity contribution >= 4 is 16.8 Å². The van der Waals surface area contributed by atoms with Crippen LogP contribution < -0.4 is 5.32 Å². The lowest BCUT2D eigenvalue weighted by atomic mass is 10.3. The van der Waals surface area contributed by atoms with E-state index < -0.39 is 17.2 Å². The smallest absolute Gasteiger partial charge is 0.0684 e. The van der Waals surface area contributed by atoms with Gasteiger partial charge in [0.15, 0.2) is 0 Å². The lowest BCUT2D eigenvalue weighted by Gasteiger charge is -2.09. The predicted octanol–water partition coefficient (Wildman–Crippen LogP) is 0.717. The van der Waals surface area contributed by atoms with E-state index in [0.29, 0.717) is 6.54 Å². The summed E-state index contributed by atoms with van der Waals surface area (Å²) in [7, 11) is 0. The lowest BCUT2D eigenvalue weighted by Crippen LogP contribution is -2.15. The molecule has 0 aliphatic carbocycles. The molecular formula is C9H12NO3S-. The Kier molecular flexibility index (Phi) is 4.06. The third-order valence-corrected chi connectivity index (χ3v) is 2.31. The topological polar surface area (TPSA) is 72.4 Å². The summed E-state index contributed by atoms with van der Waals surface area (Å²) in [4.78, 5) is 0.257. The summed E-state index contributed by atoms with van der Waals surface area (Å²) in [6.45, 7) is 2.12. The molecule has 2 unspecified atom stereocenters. The first-order valence-corrected chi connectivity index (χ1v) is 5.28. The van der Waals surface area contributed by atoms with E-state index in [4.69, 9.17) is 5.11 Å². The summed E-state index contributed by atoms with van der Waals surface area (Å²) >= 11 is -2.18. The van der Waals surface area contributed by atoms with E-state index in [1.807, 2.05) is 0 Å². The molecule has 2 N–H and O–H groups in total. The number of hydrogen-bond acceptors (Lipinski definition) is 4. The van der Waals surface area contributed by atoms with E-state index in [1.165, 1.54) is 12.1 Å². The van der Waals surface area contributed by atoms with Crippen molar-refractivity contribution in [2.45, 2.75) is 17.9 Å². The van der Waals surface area contributed by atoms with Gasteiger partial charge in [-0.15, -0.1) is 0 Å². The van der Waals surface area contributed by atoms with Crippen molar-refractivity contribution in [2.75, 3.05) is 11.9 Å². The number of nitrogens with one attached hydrogen (secondary N) is 1. The van der Waals surface area contributed by atoms with Crippen molar-refractivity contribution in [3.05, 3.63) is 24.3 Å². The van der Waals surface area contributed by atoms with Gasteiger partial charge in [0, 0.05) is 17.1 Å². The molecule has 1 aromatic carbocycles. The van der Waals surface area contributed by atoms with Crippen LogP contribution in [-0.2, 0) is 11.1 Å². The number of rotatable bonds is 4. The summed E-state index contributed by atoms with van der Waals surface area (Å²) in [5.41, 5.74) is 0.792. The molecule has 1 rings (SSSR count). The van der Waals surface area contributed by atoms with Crippen molar-refractivity contribution in [3.8, 4) is 0 Å². The Hall–Kier alpha value is -0.910. The maximum absolute atomic E-state index is 10.5. The molecule has 1 aromatic rings. The van der Waals surface area contributed by atoms with Crippen LogP contribution in [0, 0.1) is 0 Å². The Labute approximate surface area is 85.2 Å². The summed E-state index contributed by atoms with van der Waals surface area (Å²) in [6, 6.07) is 6.34. The Morgan fingerprint density at radius 1 is 1.50 bits per heavy atom. The van der Waals surface area contributed by atoms with Crippen LogP contribution in [0.2, 0.25) is 0 Å². The Balaban J connectivity index is 2.60. The van der Waals surface area contributed by atoms with Gasteiger partial charge in [0.2, 0.25) is 0 Å². The number of benzene rings is 1. The van der Waals surface area contributed by atoms with E-state index in [9.17, 15) is 8.76 Å². The Morgan fingerprint density at radius 3 is 2.50 bits per heavy atom. The van der Waals surface area contributed by atoms with Crippen molar-refractivity contribution in [2.24, 2.45) is 0 Å². The highest BCUT2D eigenvalue weighted by atomic mass is 32.2. The Morgan fingerprint density at radius 2 is 2.07 bits per heavy atom. The molecule has 0 amide bonds. The van der Waals surface area contributed by atoms with Gasteiger partial charge in [-0.2, -0.15) is 0 Å². The summed E-state index contributed by atoms with van der Waals surface area (Å²) in [6.07, 6.45) is -0.427. The maximum Gasteiger partial charge on any atom is 0.0684 e. The maximum atomic E-state index is 10.5. The zero-order valence-electron chi connectivity index (χ0n) is 7.77. The van der Waals surface area contributed by atoms with E-state index >= 15 is 0 Å². The molecule has 14 heavy (non-hydrogen) atoms. The number of hydrogen-bond donors (Lipinski definition) is 2. The minimum atomic E-state index is -2.18. The molecule has 0 fully saturated rings. The summed E-state index contributed by atoms with van der Waals surface area (Å²) in [5.74, 6) is 0. The highest BCUT2D eigenvalue weighted by Gasteiger charge is 1.96. The molecule has 0 spiro atoms. The van der Waals surface area contributed by atoms with E-state index in [1.54, 1.807) is 19.1 Å². The molecule has 78 valence electrons. The molecule has 0 aromatic heterocycles. The molecular weight excluding hydrogens is 202 g/mol. The van der Waals surface area contributed by atoms with Crippen LogP contribution in [0.15, 0.2) is 29.2 Å². The van der Waals surface area contributed by atoms with Crippen LogP contribution in [0.3, 0.4) is 0 Å². The van der Waals surface area contributed by atoms with E-state index in [0.717, 1.165) is 5.69 Å². The average Bonchev–Trinajstić information content (AvgIpc) is 2.15. The van der Waals surface area contributed by atoms with E-state index in [2.05, 4.69) is 5.32 Å². The average molecular weight is 214 g/mol. The number of anilines is 1. The van der Waals surface area contributed by atoms with Gasteiger partial charge in [-0.25, -0.2) is 0 Å². The number of aliphatic hydroxyl groups excluding tert-OH is 1. The largest absolute Gasteiger partial charge is 0.768 e. The van der Waals surface area contributed by atoms with Crippen molar-refractivity contribution in [1.82, 2.24) is 0 Å². The van der Waals surface area contributed by atoms with Gasteiger partial charge >= 0.3 is 0 Å². The molecule has 0 aliphatic heterocycles. The van der Waals surface area contributed by atoms with Crippen molar-refractivity contribution in [3.63, 3.8) is 0 Å². The van der Waals surface area contributed by atoms with Crippen LogP contribution in [0.5, 0.6) is 0 Å². The molecule has 0 saturated heterocycles. The minimum Gasteiger partial charge on any atom is -0.768 e. The van der Waals surface area contributed by atoms with Gasteiger partial charge < -0.3 is 15.0 Å². The van der Waals surface area contributed by atoms with Crippen LogP contribution >= 0.6 is 0 Å². The molecule has 0 bridgehead atoms. The second-order valence-electron chi connectivity index (χ2n) is 2.99. The van der Waals surface area contributed by atoms with Crippen LogP contribution in [0.1, 0.15) is 6.92 Å². The second-order valence-corrected chi connectivity index (χ2v) is 3.93. The van der Waals surface area contributed by atoms with Crippen LogP contribution in [0.25, 0.3) is 0 Å². The molecule has 0 radical (unpaired) electrons. The standard InChI is InChI=1S/C9H13NO3S/c1-7(11)6-10-8-2-4-9(5-3-8)14(12)13/h2-5,7,10-11H,6H2,1H3,(H,12,13)/p-1. The molecule has 4 nitrogen and oxygen atoms in total. The predicted molar refractivity (Wildman–Crippen MR) is 53.8 cm³/mol. The fraction of sp³-hybridized carbons (Fsp3) is 0.333. The SMILES string of the molecule is CC(O)CNc1ccc(S(=O)[O-])cc1. The molecule has 5 heteroatoms. The van der Waals surface area contributed by atoms with Crippen molar-refractivity contribution < 1.29 is 13.9 Å². The van der Waals surface area contributed by atoms with Crippen LogP contribution in [0.4, 0.5) is 5.69 Å². The quantitative estimate of drug-likeness (QED) is 0.724. The monoisotopic (exact) mass is 214 g/mol. The zero-order chi connectivity index (χ0) is 10.6. The first kappa shape index (κ1) is 11.2. The molecule has 0 saturated carbocycles. The first-order valence-electron chi connectivity index (χ1n) is 4.21. The summed E-state index contributed by atoms with van der Waals surface area (Å²) < 4.78 is 21.0. The minimum absolute atomic E-state index is 0.257. The third kappa shape index (κ3) is 3.45. The van der Waals surface area contributed by atoms with Gasteiger partial charge in [-0.1, -0.05) is 0 Å². The highest BCUT2D eigenvalue weighted by molar-refractivity contribution is 7.79. The normalized spacial score (nSPS) is 14.8. The number of aliphatic hydroxyl groups is 1. The third-order valence-electron chi connectivity index (χ3n) is 1.65. The van der Waals surface area contributed by atoms with Gasteiger partial charge in [0.05, 0.1) is 6.10 Å². The van der Waals surface area contributed by atoms with Crippen molar-refractivity contribution in [1.29, 1.82) is 0 Å².